The molecule has 3 aromatic rings. The van der Waals surface area contributed by atoms with Gasteiger partial charge in [0.05, 0.1) is 11.8 Å². The predicted octanol–water partition coefficient (Wildman–Crippen LogP) is 2.77. The molecule has 0 saturated carbocycles. The summed E-state index contributed by atoms with van der Waals surface area (Å²) in [7, 11) is -3.14. The Morgan fingerprint density at radius 1 is 1.10 bits per heavy atom. The van der Waals surface area contributed by atoms with E-state index in [0.717, 1.165) is 59.3 Å². The van der Waals surface area contributed by atoms with Crippen LogP contribution in [-0.2, 0) is 10.0 Å². The monoisotopic (exact) mass is 411 g/mol. The molecule has 1 aliphatic heterocycles. The van der Waals surface area contributed by atoms with Gasteiger partial charge in [0.15, 0.2) is 0 Å². The zero-order chi connectivity index (χ0) is 20.4. The maximum atomic E-state index is 11.3. The lowest BCUT2D eigenvalue weighted by Gasteiger charge is -2.33. The van der Waals surface area contributed by atoms with Gasteiger partial charge in [0.2, 0.25) is 10.0 Å². The molecular weight excluding hydrogens is 386 g/mol. The fourth-order valence-electron chi connectivity index (χ4n) is 3.91. The summed E-state index contributed by atoms with van der Waals surface area (Å²) >= 11 is 0. The van der Waals surface area contributed by atoms with E-state index in [4.69, 9.17) is 0 Å². The Bertz CT molecular complexity index is 1110. The summed E-state index contributed by atoms with van der Waals surface area (Å²) in [5.41, 5.74) is 4.32. The van der Waals surface area contributed by atoms with Crippen LogP contribution < -0.4 is 9.62 Å². The van der Waals surface area contributed by atoms with Crippen LogP contribution in [0.4, 0.5) is 5.82 Å². The second-order valence-corrected chi connectivity index (χ2v) is 9.51. The highest BCUT2D eigenvalue weighted by Crippen LogP contribution is 2.32. The van der Waals surface area contributed by atoms with Crippen molar-refractivity contribution in [3.05, 3.63) is 48.5 Å². The van der Waals surface area contributed by atoms with E-state index in [1.807, 2.05) is 12.1 Å². The van der Waals surface area contributed by atoms with Crippen molar-refractivity contribution in [2.75, 3.05) is 30.8 Å². The van der Waals surface area contributed by atoms with Gasteiger partial charge >= 0.3 is 0 Å². The topological polar surface area (TPSA) is 88.1 Å². The van der Waals surface area contributed by atoms with E-state index in [9.17, 15) is 8.42 Å². The van der Waals surface area contributed by atoms with Crippen molar-refractivity contribution in [1.29, 1.82) is 0 Å². The first kappa shape index (κ1) is 19.7. The van der Waals surface area contributed by atoms with Crippen LogP contribution >= 0.6 is 0 Å². The smallest absolute Gasteiger partial charge is 0.208 e. The molecule has 1 fully saturated rings. The highest BCUT2D eigenvalue weighted by Gasteiger charge is 2.23. The van der Waals surface area contributed by atoms with Crippen molar-refractivity contribution >= 4 is 26.7 Å². The lowest BCUT2D eigenvalue weighted by atomic mass is 9.96. The van der Waals surface area contributed by atoms with Crippen molar-refractivity contribution in [2.45, 2.75) is 19.8 Å². The largest absolute Gasteiger partial charge is 0.356 e. The first-order chi connectivity index (χ1) is 13.9. The standard InChI is InChI=1S/C21H25N5O2S/c1-15-11-18(17-3-7-22-8-4-17)12-19-20(15)23-14-24-21(19)26-9-5-16(6-10-26)13-25-29(2,27)28/h3-4,7-8,11-12,14,16,25H,5-6,9-10,13H2,1-2H3. The zero-order valence-electron chi connectivity index (χ0n) is 16.7. The van der Waals surface area contributed by atoms with E-state index in [1.54, 1.807) is 18.7 Å². The van der Waals surface area contributed by atoms with Crippen LogP contribution in [0.15, 0.2) is 43.0 Å². The van der Waals surface area contributed by atoms with Crippen LogP contribution in [0.2, 0.25) is 0 Å². The predicted molar refractivity (Wildman–Crippen MR) is 115 cm³/mol. The van der Waals surface area contributed by atoms with Crippen LogP contribution in [0.3, 0.4) is 0 Å². The summed E-state index contributed by atoms with van der Waals surface area (Å²) in [4.78, 5) is 15.5. The minimum absolute atomic E-state index is 0.350. The number of piperidine rings is 1. The number of rotatable bonds is 5. The first-order valence-electron chi connectivity index (χ1n) is 9.76. The molecule has 0 amide bonds. The molecule has 29 heavy (non-hydrogen) atoms. The molecular formula is C21H25N5O2S. The van der Waals surface area contributed by atoms with Crippen LogP contribution in [0, 0.1) is 12.8 Å². The summed E-state index contributed by atoms with van der Waals surface area (Å²) in [6.07, 6.45) is 8.29. The second-order valence-electron chi connectivity index (χ2n) is 7.67. The molecule has 2 aromatic heterocycles. The van der Waals surface area contributed by atoms with E-state index < -0.39 is 10.0 Å². The van der Waals surface area contributed by atoms with E-state index in [0.29, 0.717) is 12.5 Å². The molecule has 0 aliphatic carbocycles. The molecule has 3 heterocycles. The quantitative estimate of drug-likeness (QED) is 0.695. The third-order valence-corrected chi connectivity index (χ3v) is 6.16. The van der Waals surface area contributed by atoms with E-state index in [2.05, 4.69) is 43.6 Å². The Kier molecular flexibility index (Phi) is 5.47. The van der Waals surface area contributed by atoms with Gasteiger partial charge in [0, 0.05) is 37.4 Å². The zero-order valence-corrected chi connectivity index (χ0v) is 17.5. The Labute approximate surface area is 171 Å². The van der Waals surface area contributed by atoms with Crippen molar-refractivity contribution in [3.63, 3.8) is 0 Å². The highest BCUT2D eigenvalue weighted by molar-refractivity contribution is 7.88. The molecule has 0 radical (unpaired) electrons. The van der Waals surface area contributed by atoms with Gasteiger partial charge < -0.3 is 4.90 Å². The number of nitrogens with zero attached hydrogens (tertiary/aromatic N) is 4. The minimum atomic E-state index is -3.14. The SMILES string of the molecule is Cc1cc(-c2ccncc2)cc2c(N3CCC(CNS(C)(=O)=O)CC3)ncnc12. The van der Waals surface area contributed by atoms with E-state index >= 15 is 0 Å². The average molecular weight is 412 g/mol. The summed E-state index contributed by atoms with van der Waals surface area (Å²) in [5, 5.41) is 1.05. The third-order valence-electron chi connectivity index (χ3n) is 5.47. The molecule has 4 rings (SSSR count). The van der Waals surface area contributed by atoms with Crippen LogP contribution in [0.1, 0.15) is 18.4 Å². The molecule has 8 heteroatoms. The number of fused-ring (bicyclic) bond motifs is 1. The van der Waals surface area contributed by atoms with E-state index in [1.165, 1.54) is 6.26 Å². The Morgan fingerprint density at radius 3 is 2.52 bits per heavy atom. The summed E-state index contributed by atoms with van der Waals surface area (Å²) in [6, 6.07) is 8.32. The number of nitrogens with one attached hydrogen (secondary N) is 1. The lowest BCUT2D eigenvalue weighted by Crippen LogP contribution is -2.38. The number of benzene rings is 1. The molecule has 0 atom stereocenters. The average Bonchev–Trinajstić information content (AvgIpc) is 2.72. The molecule has 0 bridgehead atoms. The van der Waals surface area contributed by atoms with Gasteiger partial charge in [0.1, 0.15) is 12.1 Å². The molecule has 152 valence electrons. The fourth-order valence-corrected chi connectivity index (χ4v) is 4.45. The van der Waals surface area contributed by atoms with Gasteiger partial charge in [-0.3, -0.25) is 4.98 Å². The number of aryl methyl sites for hydroxylation is 1. The Morgan fingerprint density at radius 2 is 1.83 bits per heavy atom. The van der Waals surface area contributed by atoms with Gasteiger partial charge in [-0.1, -0.05) is 0 Å². The van der Waals surface area contributed by atoms with Crippen molar-refractivity contribution in [3.8, 4) is 11.1 Å². The molecule has 0 unspecified atom stereocenters. The van der Waals surface area contributed by atoms with Gasteiger partial charge in [-0.05, 0) is 66.6 Å². The fraction of sp³-hybridized carbons (Fsp3) is 0.381. The van der Waals surface area contributed by atoms with Gasteiger partial charge in [-0.2, -0.15) is 0 Å². The minimum Gasteiger partial charge on any atom is -0.356 e. The molecule has 1 aliphatic rings. The second kappa shape index (κ2) is 8.04. The maximum Gasteiger partial charge on any atom is 0.208 e. The number of pyridine rings is 1. The lowest BCUT2D eigenvalue weighted by molar-refractivity contribution is 0.401. The summed E-state index contributed by atoms with van der Waals surface area (Å²) < 4.78 is 25.3. The summed E-state index contributed by atoms with van der Waals surface area (Å²) in [5.74, 6) is 1.30. The van der Waals surface area contributed by atoms with Gasteiger partial charge in [-0.15, -0.1) is 0 Å². The van der Waals surface area contributed by atoms with Crippen LogP contribution in [-0.4, -0.2) is 49.3 Å². The Hall–Kier alpha value is -2.58. The number of hydrogen-bond donors (Lipinski definition) is 1. The van der Waals surface area contributed by atoms with E-state index in [-0.39, 0.29) is 0 Å². The third kappa shape index (κ3) is 4.54. The molecule has 1 saturated heterocycles. The molecule has 7 nitrogen and oxygen atoms in total. The van der Waals surface area contributed by atoms with Crippen LogP contribution in [0.5, 0.6) is 0 Å². The van der Waals surface area contributed by atoms with Crippen molar-refractivity contribution in [2.24, 2.45) is 5.92 Å². The molecule has 0 spiro atoms. The van der Waals surface area contributed by atoms with Crippen molar-refractivity contribution < 1.29 is 8.42 Å². The highest BCUT2D eigenvalue weighted by atomic mass is 32.2. The van der Waals surface area contributed by atoms with Crippen LogP contribution in [0.25, 0.3) is 22.0 Å². The maximum absolute atomic E-state index is 11.3. The van der Waals surface area contributed by atoms with Gasteiger partial charge in [0.25, 0.3) is 0 Å². The number of aromatic nitrogens is 3. The number of sulfonamides is 1. The molecule has 1 N–H and O–H groups in total. The number of anilines is 1. The Balaban J connectivity index is 1.60. The first-order valence-corrected chi connectivity index (χ1v) is 11.7. The van der Waals surface area contributed by atoms with Crippen molar-refractivity contribution in [1.82, 2.24) is 19.7 Å². The molecule has 1 aromatic carbocycles. The van der Waals surface area contributed by atoms with Gasteiger partial charge in [-0.25, -0.2) is 23.1 Å². The normalized spacial score (nSPS) is 15.7. The summed E-state index contributed by atoms with van der Waals surface area (Å²) in [6.45, 7) is 4.27. The number of hydrogen-bond acceptors (Lipinski definition) is 6.